The maximum atomic E-state index is 12.3. The van der Waals surface area contributed by atoms with Crippen molar-refractivity contribution < 1.29 is 9.53 Å². The maximum Gasteiger partial charge on any atom is 0.231 e. The lowest BCUT2D eigenvalue weighted by atomic mass is 10.0. The second kappa shape index (κ2) is 7.15. The van der Waals surface area contributed by atoms with Crippen molar-refractivity contribution in [3.8, 4) is 0 Å². The van der Waals surface area contributed by atoms with Crippen molar-refractivity contribution in [1.82, 2.24) is 10.3 Å². The fourth-order valence-corrected chi connectivity index (χ4v) is 2.42. The van der Waals surface area contributed by atoms with Gasteiger partial charge in [-0.2, -0.15) is 0 Å². The number of ether oxygens (including phenoxy) is 1. The lowest BCUT2D eigenvalue weighted by Gasteiger charge is -2.18. The first-order valence-corrected chi connectivity index (χ1v) is 7.65. The molecule has 0 bridgehead atoms. The van der Waals surface area contributed by atoms with Crippen LogP contribution in [-0.2, 0) is 9.53 Å². The molecule has 1 fully saturated rings. The van der Waals surface area contributed by atoms with Gasteiger partial charge < -0.3 is 15.4 Å². The van der Waals surface area contributed by atoms with E-state index in [1.807, 2.05) is 13.0 Å². The van der Waals surface area contributed by atoms with Crippen LogP contribution in [0.15, 0.2) is 16.9 Å². The van der Waals surface area contributed by atoms with Crippen LogP contribution in [0.2, 0.25) is 0 Å². The van der Waals surface area contributed by atoms with Crippen LogP contribution in [0.5, 0.6) is 0 Å². The van der Waals surface area contributed by atoms with Crippen molar-refractivity contribution in [2.24, 2.45) is 5.92 Å². The lowest BCUT2D eigenvalue weighted by Crippen LogP contribution is -2.41. The van der Waals surface area contributed by atoms with Crippen LogP contribution < -0.4 is 10.6 Å². The molecule has 1 aliphatic heterocycles. The summed E-state index contributed by atoms with van der Waals surface area (Å²) in [6, 6.07) is 2.00. The number of aromatic nitrogens is 1. The summed E-state index contributed by atoms with van der Waals surface area (Å²) in [4.78, 5) is 16.5. The van der Waals surface area contributed by atoms with Crippen LogP contribution in [0.1, 0.15) is 18.9 Å². The van der Waals surface area contributed by atoms with E-state index in [0.29, 0.717) is 13.2 Å². The number of rotatable bonds is 5. The highest BCUT2D eigenvalue weighted by atomic mass is 79.9. The number of carbonyl (C=O) groups is 1. The van der Waals surface area contributed by atoms with Gasteiger partial charge in [0.25, 0.3) is 0 Å². The molecule has 5 nitrogen and oxygen atoms in total. The van der Waals surface area contributed by atoms with Gasteiger partial charge in [-0.15, -0.1) is 0 Å². The number of hydrogen-bond donors (Lipinski definition) is 2. The quantitative estimate of drug-likeness (QED) is 0.805. The van der Waals surface area contributed by atoms with Crippen molar-refractivity contribution in [2.45, 2.75) is 26.3 Å². The summed E-state index contributed by atoms with van der Waals surface area (Å²) in [7, 11) is 0. The van der Waals surface area contributed by atoms with E-state index in [-0.39, 0.29) is 17.9 Å². The Balaban J connectivity index is 1.98. The normalized spacial score (nSPS) is 21.9. The van der Waals surface area contributed by atoms with Crippen LogP contribution in [0.3, 0.4) is 0 Å². The molecule has 0 radical (unpaired) electrons. The molecule has 20 heavy (non-hydrogen) atoms. The number of hydrogen-bond acceptors (Lipinski definition) is 4. The van der Waals surface area contributed by atoms with Crippen molar-refractivity contribution in [3.63, 3.8) is 0 Å². The predicted molar refractivity (Wildman–Crippen MR) is 81.7 cm³/mol. The molecule has 1 aromatic heterocycles. The van der Waals surface area contributed by atoms with E-state index < -0.39 is 0 Å². The van der Waals surface area contributed by atoms with E-state index >= 15 is 0 Å². The standard InChI is InChI=1S/C14H20BrN3O2/c1-3-4-16-12-8-20-7-11(12)14(19)18-10-5-9(2)13(15)17-6-10/h5-6,11-12,16H,3-4,7-8H2,1-2H3,(H,18,19). The molecule has 0 spiro atoms. The van der Waals surface area contributed by atoms with Crippen molar-refractivity contribution in [3.05, 3.63) is 22.4 Å². The van der Waals surface area contributed by atoms with E-state index in [0.717, 1.165) is 28.8 Å². The van der Waals surface area contributed by atoms with Gasteiger partial charge in [0.05, 0.1) is 31.0 Å². The number of nitrogens with one attached hydrogen (secondary N) is 2. The summed E-state index contributed by atoms with van der Waals surface area (Å²) >= 11 is 3.35. The van der Waals surface area contributed by atoms with Crippen molar-refractivity contribution in [1.29, 1.82) is 0 Å². The van der Waals surface area contributed by atoms with Gasteiger partial charge in [0.15, 0.2) is 0 Å². The first-order valence-electron chi connectivity index (χ1n) is 6.86. The number of anilines is 1. The molecule has 2 rings (SSSR count). The minimum absolute atomic E-state index is 0.0142. The number of pyridine rings is 1. The summed E-state index contributed by atoms with van der Waals surface area (Å²) in [5.41, 5.74) is 1.71. The Bertz CT molecular complexity index is 481. The van der Waals surface area contributed by atoms with Crippen LogP contribution in [-0.4, -0.2) is 36.7 Å². The van der Waals surface area contributed by atoms with Gasteiger partial charge in [0.2, 0.25) is 5.91 Å². The van der Waals surface area contributed by atoms with Crippen LogP contribution in [0.25, 0.3) is 0 Å². The minimum Gasteiger partial charge on any atom is -0.379 e. The van der Waals surface area contributed by atoms with Gasteiger partial charge >= 0.3 is 0 Å². The predicted octanol–water partition coefficient (Wildman–Crippen LogP) is 2.11. The molecular formula is C14H20BrN3O2. The van der Waals surface area contributed by atoms with E-state index in [4.69, 9.17) is 4.74 Å². The van der Waals surface area contributed by atoms with E-state index in [9.17, 15) is 4.79 Å². The Morgan fingerprint density at radius 2 is 2.35 bits per heavy atom. The van der Waals surface area contributed by atoms with Gasteiger partial charge in [-0.05, 0) is 47.4 Å². The first kappa shape index (κ1) is 15.4. The smallest absolute Gasteiger partial charge is 0.231 e. The Kier molecular flexibility index (Phi) is 5.51. The fraction of sp³-hybridized carbons (Fsp3) is 0.571. The van der Waals surface area contributed by atoms with Crippen LogP contribution in [0, 0.1) is 12.8 Å². The van der Waals surface area contributed by atoms with E-state index in [2.05, 4.69) is 38.5 Å². The molecule has 0 aliphatic carbocycles. The lowest BCUT2D eigenvalue weighted by molar-refractivity contribution is -0.120. The molecule has 1 amide bonds. The highest BCUT2D eigenvalue weighted by Gasteiger charge is 2.33. The third-order valence-corrected chi connectivity index (χ3v) is 4.19. The molecule has 2 N–H and O–H groups in total. The summed E-state index contributed by atoms with van der Waals surface area (Å²) in [6.07, 6.45) is 2.69. The molecule has 6 heteroatoms. The van der Waals surface area contributed by atoms with Gasteiger partial charge in [-0.3, -0.25) is 4.79 Å². The molecule has 2 atom stereocenters. The second-order valence-corrected chi connectivity index (χ2v) is 5.78. The third kappa shape index (κ3) is 3.77. The van der Waals surface area contributed by atoms with Crippen molar-refractivity contribution in [2.75, 3.05) is 25.1 Å². The Morgan fingerprint density at radius 3 is 3.05 bits per heavy atom. The molecule has 1 saturated heterocycles. The van der Waals surface area contributed by atoms with Crippen LogP contribution >= 0.6 is 15.9 Å². The first-order chi connectivity index (χ1) is 9.61. The number of halogens is 1. The maximum absolute atomic E-state index is 12.3. The topological polar surface area (TPSA) is 63.2 Å². The fourth-order valence-electron chi connectivity index (χ4n) is 2.21. The number of carbonyl (C=O) groups excluding carboxylic acids is 1. The minimum atomic E-state index is -0.148. The second-order valence-electron chi connectivity index (χ2n) is 5.03. The average Bonchev–Trinajstić information content (AvgIpc) is 2.89. The largest absolute Gasteiger partial charge is 0.379 e. The zero-order valence-corrected chi connectivity index (χ0v) is 13.4. The molecule has 0 aromatic carbocycles. The Morgan fingerprint density at radius 1 is 1.55 bits per heavy atom. The third-order valence-electron chi connectivity index (χ3n) is 3.36. The summed E-state index contributed by atoms with van der Waals surface area (Å²) in [5.74, 6) is -0.162. The van der Waals surface area contributed by atoms with Gasteiger partial charge in [0.1, 0.15) is 4.60 Å². The number of amides is 1. The zero-order chi connectivity index (χ0) is 14.5. The van der Waals surface area contributed by atoms with Gasteiger partial charge in [-0.1, -0.05) is 6.92 Å². The Labute approximate surface area is 127 Å². The number of aryl methyl sites for hydroxylation is 1. The highest BCUT2D eigenvalue weighted by molar-refractivity contribution is 9.10. The molecular weight excluding hydrogens is 322 g/mol. The summed E-state index contributed by atoms with van der Waals surface area (Å²) < 4.78 is 6.22. The SMILES string of the molecule is CCCNC1COCC1C(=O)Nc1cnc(Br)c(C)c1. The van der Waals surface area contributed by atoms with Gasteiger partial charge in [-0.25, -0.2) is 4.98 Å². The van der Waals surface area contributed by atoms with Crippen molar-refractivity contribution >= 4 is 27.5 Å². The molecule has 110 valence electrons. The van der Waals surface area contributed by atoms with Gasteiger partial charge in [0, 0.05) is 6.04 Å². The van der Waals surface area contributed by atoms with Crippen LogP contribution in [0.4, 0.5) is 5.69 Å². The monoisotopic (exact) mass is 341 g/mol. The number of nitrogens with zero attached hydrogens (tertiary/aromatic N) is 1. The Hall–Kier alpha value is -0.980. The summed E-state index contributed by atoms with van der Waals surface area (Å²) in [5, 5.41) is 6.28. The average molecular weight is 342 g/mol. The molecule has 1 aliphatic rings. The molecule has 1 aromatic rings. The zero-order valence-electron chi connectivity index (χ0n) is 11.8. The van der Waals surface area contributed by atoms with E-state index in [1.165, 1.54) is 0 Å². The summed E-state index contributed by atoms with van der Waals surface area (Å²) in [6.45, 7) is 6.01. The highest BCUT2D eigenvalue weighted by Crippen LogP contribution is 2.20. The molecule has 0 saturated carbocycles. The molecule has 2 unspecified atom stereocenters. The van der Waals surface area contributed by atoms with E-state index in [1.54, 1.807) is 6.20 Å². The molecule has 2 heterocycles.